The molecule has 1 saturated carbocycles. The van der Waals surface area contributed by atoms with E-state index in [-0.39, 0.29) is 36.8 Å². The Balaban J connectivity index is 1.54. The Morgan fingerprint density at radius 2 is 1.93 bits per heavy atom. The maximum Gasteiger partial charge on any atom is 0.353 e. The summed E-state index contributed by atoms with van der Waals surface area (Å²) < 4.78 is 32.9. The van der Waals surface area contributed by atoms with Crippen LogP contribution in [0.3, 0.4) is 0 Å². The highest BCUT2D eigenvalue weighted by Gasteiger charge is 2.47. The van der Waals surface area contributed by atoms with Crippen LogP contribution in [-0.2, 0) is 31.4 Å². The molecule has 10 nitrogen and oxygen atoms in total. The minimum Gasteiger partial charge on any atom is -0.492 e. The molecule has 4 N–H and O–H groups in total. The summed E-state index contributed by atoms with van der Waals surface area (Å²) in [5.74, 6) is -3.02. The molecule has 1 atom stereocenters. The predicted octanol–water partition coefficient (Wildman–Crippen LogP) is 3.71. The van der Waals surface area contributed by atoms with Crippen molar-refractivity contribution >= 4 is 33.6 Å². The molecule has 1 heterocycles. The lowest BCUT2D eigenvalue weighted by molar-refractivity contribution is -0.136. The summed E-state index contributed by atoms with van der Waals surface area (Å²) >= 11 is 6.17. The van der Waals surface area contributed by atoms with Crippen LogP contribution in [0.25, 0.3) is 0 Å². The van der Waals surface area contributed by atoms with Crippen LogP contribution in [0.4, 0.5) is 0 Å². The molecule has 42 heavy (non-hydrogen) atoms. The van der Waals surface area contributed by atoms with E-state index in [1.54, 1.807) is 0 Å². The Kier molecular flexibility index (Phi) is 10.5. The SMILES string of the molecule is CCNCCCS(=O)(=O)N(CCOc1ccc2c(c1)C(C1(c3ccc(Cl)cc3)CCC1)NCC2)/C(=C\C(=O)O)C(=O)O. The van der Waals surface area contributed by atoms with Gasteiger partial charge in [-0.3, -0.25) is 4.31 Å². The Labute approximate surface area is 251 Å². The molecule has 1 unspecified atom stereocenters. The summed E-state index contributed by atoms with van der Waals surface area (Å²) in [5.41, 5.74) is 2.66. The quantitative estimate of drug-likeness (QED) is 0.173. The van der Waals surface area contributed by atoms with Crippen molar-refractivity contribution < 1.29 is 33.0 Å². The molecule has 228 valence electrons. The van der Waals surface area contributed by atoms with Crippen LogP contribution < -0.4 is 15.4 Å². The van der Waals surface area contributed by atoms with Gasteiger partial charge in [0, 0.05) is 16.5 Å². The molecule has 1 aliphatic heterocycles. The molecule has 1 fully saturated rings. The van der Waals surface area contributed by atoms with E-state index in [9.17, 15) is 28.2 Å². The van der Waals surface area contributed by atoms with Crippen molar-refractivity contribution in [3.8, 4) is 5.75 Å². The molecule has 0 radical (unpaired) electrons. The van der Waals surface area contributed by atoms with Gasteiger partial charge >= 0.3 is 11.9 Å². The van der Waals surface area contributed by atoms with E-state index in [0.29, 0.717) is 34.2 Å². The van der Waals surface area contributed by atoms with Crippen molar-refractivity contribution in [2.45, 2.75) is 50.5 Å². The highest BCUT2D eigenvalue weighted by molar-refractivity contribution is 7.89. The van der Waals surface area contributed by atoms with Gasteiger partial charge in [0.25, 0.3) is 0 Å². The number of hydrogen-bond acceptors (Lipinski definition) is 7. The number of rotatable bonds is 15. The number of sulfonamides is 1. The van der Waals surface area contributed by atoms with Crippen molar-refractivity contribution in [1.29, 1.82) is 0 Å². The second kappa shape index (κ2) is 13.9. The number of halogens is 1. The van der Waals surface area contributed by atoms with E-state index in [1.165, 1.54) is 11.1 Å². The fraction of sp³-hybridized carbons (Fsp3) is 0.467. The number of carboxylic acid groups (broad SMARTS) is 2. The largest absolute Gasteiger partial charge is 0.492 e. The van der Waals surface area contributed by atoms with Crippen molar-refractivity contribution in [2.24, 2.45) is 0 Å². The Morgan fingerprint density at radius 1 is 1.19 bits per heavy atom. The number of benzene rings is 2. The first kappa shape index (κ1) is 31.8. The first-order valence-electron chi connectivity index (χ1n) is 14.2. The van der Waals surface area contributed by atoms with Gasteiger partial charge in [0.05, 0.1) is 18.4 Å². The lowest BCUT2D eigenvalue weighted by Crippen LogP contribution is -2.49. The van der Waals surface area contributed by atoms with Gasteiger partial charge in [-0.05, 0) is 86.3 Å². The smallest absolute Gasteiger partial charge is 0.353 e. The van der Waals surface area contributed by atoms with Gasteiger partial charge in [-0.15, -0.1) is 0 Å². The number of hydrogen-bond donors (Lipinski definition) is 4. The van der Waals surface area contributed by atoms with Crippen LogP contribution in [-0.4, -0.2) is 73.4 Å². The number of nitrogens with one attached hydrogen (secondary N) is 2. The Hall–Kier alpha value is -3.12. The highest BCUT2D eigenvalue weighted by atomic mass is 35.5. The molecule has 0 spiro atoms. The van der Waals surface area contributed by atoms with Gasteiger partial charge in [-0.25, -0.2) is 18.0 Å². The number of carbonyl (C=O) groups is 2. The normalized spacial score (nSPS) is 18.0. The predicted molar refractivity (Wildman–Crippen MR) is 160 cm³/mol. The third-order valence-corrected chi connectivity index (χ3v) is 10.1. The molecule has 0 saturated heterocycles. The Morgan fingerprint density at radius 3 is 2.55 bits per heavy atom. The van der Waals surface area contributed by atoms with E-state index in [0.717, 1.165) is 37.8 Å². The number of carboxylic acids is 2. The van der Waals surface area contributed by atoms with Crippen LogP contribution in [0.2, 0.25) is 5.02 Å². The average Bonchev–Trinajstić information content (AvgIpc) is 2.92. The summed E-state index contributed by atoms with van der Waals surface area (Å²) in [5, 5.41) is 26.3. The zero-order chi connectivity index (χ0) is 30.3. The first-order valence-corrected chi connectivity index (χ1v) is 16.2. The van der Waals surface area contributed by atoms with Crippen LogP contribution in [0.15, 0.2) is 54.2 Å². The van der Waals surface area contributed by atoms with Crippen molar-refractivity contribution in [3.05, 3.63) is 76.0 Å². The van der Waals surface area contributed by atoms with Crippen molar-refractivity contribution in [3.63, 3.8) is 0 Å². The monoisotopic (exact) mass is 619 g/mol. The summed E-state index contributed by atoms with van der Waals surface area (Å²) in [6, 6.07) is 13.9. The zero-order valence-corrected chi connectivity index (χ0v) is 25.2. The maximum atomic E-state index is 13.1. The van der Waals surface area contributed by atoms with Crippen LogP contribution in [0.5, 0.6) is 5.75 Å². The average molecular weight is 620 g/mol. The minimum atomic E-state index is -4.14. The van der Waals surface area contributed by atoms with Gasteiger partial charge in [-0.2, -0.15) is 0 Å². The zero-order valence-electron chi connectivity index (χ0n) is 23.6. The molecule has 0 bridgehead atoms. The molecule has 12 heteroatoms. The van der Waals surface area contributed by atoms with Gasteiger partial charge in [0.2, 0.25) is 10.0 Å². The summed E-state index contributed by atoms with van der Waals surface area (Å²) in [6.07, 6.45) is 4.69. The summed E-state index contributed by atoms with van der Waals surface area (Å²) in [4.78, 5) is 23.2. The fourth-order valence-electron chi connectivity index (χ4n) is 5.88. The van der Waals surface area contributed by atoms with Crippen LogP contribution in [0.1, 0.15) is 55.3 Å². The van der Waals surface area contributed by atoms with E-state index in [1.807, 2.05) is 37.3 Å². The lowest BCUT2D eigenvalue weighted by Gasteiger charge is -2.50. The molecule has 2 aromatic carbocycles. The molecular weight excluding hydrogens is 582 g/mol. The fourth-order valence-corrected chi connectivity index (χ4v) is 7.52. The molecule has 0 aromatic heterocycles. The van der Waals surface area contributed by atoms with Gasteiger partial charge < -0.3 is 25.6 Å². The standard InChI is InChI=1S/C30H38ClN3O7S/c1-2-32-14-4-18-42(39,40)34(26(29(37)38)20-27(35)36)16-17-41-24-10-5-21-11-15-33-28(25(21)19-24)30(12-3-13-30)22-6-8-23(31)9-7-22/h5-10,19-20,28,32-33H,2-4,11-18H2,1H3,(H,35,36)(H,37,38)/b26-20-. The highest BCUT2D eigenvalue weighted by Crippen LogP contribution is 2.53. The topological polar surface area (TPSA) is 145 Å². The Bertz CT molecular complexity index is 1410. The second-order valence-electron chi connectivity index (χ2n) is 10.6. The molecule has 1 aliphatic carbocycles. The number of ether oxygens (including phenoxy) is 1. The molecule has 0 amide bonds. The number of aliphatic carboxylic acids is 2. The van der Waals surface area contributed by atoms with E-state index < -0.39 is 27.7 Å². The minimum absolute atomic E-state index is 0.0606. The summed E-state index contributed by atoms with van der Waals surface area (Å²) in [7, 11) is -4.14. The van der Waals surface area contributed by atoms with Crippen LogP contribution in [0, 0.1) is 0 Å². The maximum absolute atomic E-state index is 13.1. The number of nitrogens with zero attached hydrogens (tertiary/aromatic N) is 1. The van der Waals surface area contributed by atoms with Crippen molar-refractivity contribution in [1.82, 2.24) is 14.9 Å². The third kappa shape index (κ3) is 7.26. The van der Waals surface area contributed by atoms with Crippen molar-refractivity contribution in [2.75, 3.05) is 38.5 Å². The van der Waals surface area contributed by atoms with Gasteiger partial charge in [0.15, 0.2) is 0 Å². The molecule has 2 aromatic rings. The van der Waals surface area contributed by atoms with E-state index in [4.69, 9.17) is 16.3 Å². The van der Waals surface area contributed by atoms with Gasteiger partial charge in [-0.1, -0.05) is 43.1 Å². The number of fused-ring (bicyclic) bond motifs is 1. The van der Waals surface area contributed by atoms with E-state index >= 15 is 0 Å². The lowest BCUT2D eigenvalue weighted by atomic mass is 9.58. The molecule has 2 aliphatic rings. The second-order valence-corrected chi connectivity index (χ2v) is 13.1. The first-order chi connectivity index (χ1) is 20.1. The molecular formula is C30H38ClN3O7S. The van der Waals surface area contributed by atoms with E-state index in [2.05, 4.69) is 22.8 Å². The third-order valence-electron chi connectivity index (χ3n) is 8.04. The van der Waals surface area contributed by atoms with Crippen LogP contribution >= 0.6 is 11.6 Å². The van der Waals surface area contributed by atoms with Gasteiger partial charge in [0.1, 0.15) is 18.1 Å². The summed E-state index contributed by atoms with van der Waals surface area (Å²) in [6.45, 7) is 3.29. The molecule has 4 rings (SSSR count).